The highest BCUT2D eigenvalue weighted by Gasteiger charge is 2.34. The van der Waals surface area contributed by atoms with E-state index in [0.29, 0.717) is 0 Å². The number of rotatable bonds is 2. The third-order valence-electron chi connectivity index (χ3n) is 5.17. The molecule has 3 heteroatoms. The van der Waals surface area contributed by atoms with Gasteiger partial charge in [0.05, 0.1) is 16.6 Å². The zero-order chi connectivity index (χ0) is 18.4. The van der Waals surface area contributed by atoms with Gasteiger partial charge in [-0.3, -0.25) is 0 Å². The van der Waals surface area contributed by atoms with Gasteiger partial charge in [0, 0.05) is 4.90 Å². The maximum atomic E-state index is 6.20. The molecule has 2 aliphatic rings. The van der Waals surface area contributed by atoms with Crippen molar-refractivity contribution in [2.45, 2.75) is 36.1 Å². The molecule has 1 aliphatic carbocycles. The van der Waals surface area contributed by atoms with Gasteiger partial charge in [-0.15, -0.1) is 0 Å². The van der Waals surface area contributed by atoms with Crippen LogP contribution in [0.25, 0.3) is 5.57 Å². The van der Waals surface area contributed by atoms with Crippen molar-refractivity contribution in [1.82, 2.24) is 0 Å². The van der Waals surface area contributed by atoms with E-state index in [1.807, 2.05) is 18.7 Å². The number of anilines is 2. The Balaban J connectivity index is 1.68. The molecule has 1 unspecified atom stereocenters. The lowest BCUT2D eigenvalue weighted by Crippen LogP contribution is -2.34. The van der Waals surface area contributed by atoms with Crippen LogP contribution in [0.15, 0.2) is 87.0 Å². The van der Waals surface area contributed by atoms with Crippen LogP contribution in [-0.2, 0) is 0 Å². The molecule has 1 aliphatic heterocycles. The van der Waals surface area contributed by atoms with Crippen molar-refractivity contribution in [2.24, 2.45) is 0 Å². The minimum Gasteiger partial charge on any atom is -0.444 e. The topological polar surface area (TPSA) is 16.4 Å². The summed E-state index contributed by atoms with van der Waals surface area (Å²) in [7, 11) is 0. The second-order valence-electron chi connectivity index (χ2n) is 7.14. The van der Waals surface area contributed by atoms with Gasteiger partial charge in [-0.25, -0.2) is 0 Å². The van der Waals surface area contributed by atoms with Gasteiger partial charge in [-0.05, 0) is 55.2 Å². The summed E-state index contributed by atoms with van der Waals surface area (Å²) in [4.78, 5) is 4.90. The summed E-state index contributed by atoms with van der Waals surface area (Å²) in [6.45, 7) is 4.18. The molecular weight excluding hydrogens is 350 g/mol. The highest BCUT2D eigenvalue weighted by molar-refractivity contribution is 7.99. The lowest BCUT2D eigenvalue weighted by atomic mass is 9.91. The van der Waals surface area contributed by atoms with E-state index in [2.05, 4.69) is 84.6 Å². The van der Waals surface area contributed by atoms with Crippen molar-refractivity contribution in [3.05, 3.63) is 89.7 Å². The smallest absolute Gasteiger partial charge is 0.214 e. The molecule has 2 heterocycles. The largest absolute Gasteiger partial charge is 0.444 e. The molecule has 0 bridgehead atoms. The molecule has 27 heavy (non-hydrogen) atoms. The fraction of sp³-hybridized carbons (Fsp3) is 0.167. The Hall–Kier alpha value is -2.65. The fourth-order valence-electron chi connectivity index (χ4n) is 3.94. The van der Waals surface area contributed by atoms with Gasteiger partial charge in [0.15, 0.2) is 0 Å². The van der Waals surface area contributed by atoms with Gasteiger partial charge >= 0.3 is 0 Å². The molecule has 0 spiro atoms. The molecular formula is C24H21NOS. The first-order chi connectivity index (χ1) is 13.2. The van der Waals surface area contributed by atoms with E-state index >= 15 is 0 Å². The van der Waals surface area contributed by atoms with E-state index < -0.39 is 0 Å². The molecule has 5 rings (SSSR count). The maximum absolute atomic E-state index is 6.20. The summed E-state index contributed by atoms with van der Waals surface area (Å²) in [5, 5.41) is 0. The zero-order valence-corrected chi connectivity index (χ0v) is 16.3. The molecule has 0 amide bonds. The lowest BCUT2D eigenvalue weighted by Gasteiger charge is -2.38. The number of hydrogen-bond donors (Lipinski definition) is 0. The standard InChI is InChI=1S/C24H21NOS/c1-16-12-13-21-22(14-16)27-23-15-17(2)26-24(23)25(21)20-11-7-6-10-19(20)18-8-4-3-5-9-18/h3-10,12-15,20H,11H2,1-2H3. The average molecular weight is 372 g/mol. The summed E-state index contributed by atoms with van der Waals surface area (Å²) in [5.41, 5.74) is 5.11. The number of hydrogen-bond acceptors (Lipinski definition) is 3. The van der Waals surface area contributed by atoms with E-state index in [1.54, 1.807) is 0 Å². The quantitative estimate of drug-likeness (QED) is 0.487. The van der Waals surface area contributed by atoms with E-state index in [-0.39, 0.29) is 6.04 Å². The van der Waals surface area contributed by atoms with Crippen LogP contribution < -0.4 is 4.90 Å². The molecule has 3 aromatic rings. The normalized spacial score (nSPS) is 18.1. The zero-order valence-electron chi connectivity index (χ0n) is 15.5. The van der Waals surface area contributed by atoms with E-state index in [1.165, 1.54) is 32.2 Å². The second-order valence-corrected chi connectivity index (χ2v) is 8.22. The average Bonchev–Trinajstić information content (AvgIpc) is 3.06. The van der Waals surface area contributed by atoms with Crippen LogP contribution in [0.3, 0.4) is 0 Å². The van der Waals surface area contributed by atoms with Crippen LogP contribution in [0.5, 0.6) is 0 Å². The molecule has 0 fully saturated rings. The number of benzene rings is 2. The van der Waals surface area contributed by atoms with Gasteiger partial charge in [-0.1, -0.05) is 66.4 Å². The summed E-state index contributed by atoms with van der Waals surface area (Å²) in [5.74, 6) is 1.93. The summed E-state index contributed by atoms with van der Waals surface area (Å²) < 4.78 is 6.20. The van der Waals surface area contributed by atoms with Crippen LogP contribution in [0.2, 0.25) is 0 Å². The van der Waals surface area contributed by atoms with Crippen molar-refractivity contribution in [1.29, 1.82) is 0 Å². The fourth-order valence-corrected chi connectivity index (χ4v) is 5.14. The number of allylic oxidation sites excluding steroid dienone is 2. The van der Waals surface area contributed by atoms with Crippen LogP contribution >= 0.6 is 11.8 Å². The van der Waals surface area contributed by atoms with Crippen molar-refractivity contribution >= 4 is 28.9 Å². The molecule has 1 aromatic heterocycles. The monoisotopic (exact) mass is 371 g/mol. The van der Waals surface area contributed by atoms with E-state index in [4.69, 9.17) is 4.42 Å². The van der Waals surface area contributed by atoms with Gasteiger partial charge < -0.3 is 9.32 Å². The minimum atomic E-state index is 0.212. The Morgan fingerprint density at radius 1 is 1.00 bits per heavy atom. The van der Waals surface area contributed by atoms with Gasteiger partial charge in [-0.2, -0.15) is 0 Å². The minimum absolute atomic E-state index is 0.212. The first kappa shape index (κ1) is 16.5. The third-order valence-corrected chi connectivity index (χ3v) is 6.22. The molecule has 1 atom stereocenters. The van der Waals surface area contributed by atoms with Crippen molar-refractivity contribution < 1.29 is 4.42 Å². The van der Waals surface area contributed by atoms with E-state index in [9.17, 15) is 0 Å². The molecule has 134 valence electrons. The number of fused-ring (bicyclic) bond motifs is 2. The molecule has 0 radical (unpaired) electrons. The van der Waals surface area contributed by atoms with Crippen molar-refractivity contribution in [3.63, 3.8) is 0 Å². The van der Waals surface area contributed by atoms with Crippen molar-refractivity contribution in [2.75, 3.05) is 4.90 Å². The molecule has 0 N–H and O–H groups in total. The predicted octanol–water partition coefficient (Wildman–Crippen LogP) is 6.91. The van der Waals surface area contributed by atoms with Gasteiger partial charge in [0.2, 0.25) is 5.88 Å². The van der Waals surface area contributed by atoms with Crippen LogP contribution in [0.1, 0.15) is 23.3 Å². The number of nitrogens with zero attached hydrogens (tertiary/aromatic N) is 1. The summed E-state index contributed by atoms with van der Waals surface area (Å²) in [6, 6.07) is 19.8. The van der Waals surface area contributed by atoms with Crippen LogP contribution in [0.4, 0.5) is 11.6 Å². The molecule has 2 nitrogen and oxygen atoms in total. The second kappa shape index (κ2) is 6.50. The van der Waals surface area contributed by atoms with Crippen LogP contribution in [-0.4, -0.2) is 6.04 Å². The van der Waals surface area contributed by atoms with Gasteiger partial charge in [0.25, 0.3) is 0 Å². The highest BCUT2D eigenvalue weighted by Crippen LogP contribution is 2.52. The summed E-state index contributed by atoms with van der Waals surface area (Å²) >= 11 is 1.81. The third kappa shape index (κ3) is 2.83. The Kier molecular flexibility index (Phi) is 3.98. The number of aryl methyl sites for hydroxylation is 2. The molecule has 0 saturated carbocycles. The van der Waals surface area contributed by atoms with E-state index in [0.717, 1.165) is 18.1 Å². The molecule has 2 aromatic carbocycles. The lowest BCUT2D eigenvalue weighted by molar-refractivity contribution is 0.518. The maximum Gasteiger partial charge on any atom is 0.214 e. The Morgan fingerprint density at radius 2 is 1.85 bits per heavy atom. The first-order valence-electron chi connectivity index (χ1n) is 9.31. The number of furan rings is 1. The highest BCUT2D eigenvalue weighted by atomic mass is 32.2. The first-order valence-corrected chi connectivity index (χ1v) is 10.1. The Morgan fingerprint density at radius 3 is 2.70 bits per heavy atom. The van der Waals surface area contributed by atoms with Crippen molar-refractivity contribution in [3.8, 4) is 0 Å². The van der Waals surface area contributed by atoms with Crippen LogP contribution in [0, 0.1) is 13.8 Å². The Labute approximate surface area is 164 Å². The predicted molar refractivity (Wildman–Crippen MR) is 113 cm³/mol. The van der Waals surface area contributed by atoms with Gasteiger partial charge in [0.1, 0.15) is 5.76 Å². The molecule has 0 saturated heterocycles. The Bertz CT molecular complexity index is 1060. The summed E-state index contributed by atoms with van der Waals surface area (Å²) in [6.07, 6.45) is 7.62. The SMILES string of the molecule is Cc1ccc2c(c1)Sc1cc(C)oc1N2C1CC=CC=C1c1ccccc1.